The van der Waals surface area contributed by atoms with Crippen LogP contribution < -0.4 is 11.1 Å². The lowest BCUT2D eigenvalue weighted by molar-refractivity contribution is -0.124. The Morgan fingerprint density at radius 3 is 2.57 bits per heavy atom. The second kappa shape index (κ2) is 10.7. The van der Waals surface area contributed by atoms with E-state index in [0.717, 1.165) is 39.1 Å². The number of amides is 1. The summed E-state index contributed by atoms with van der Waals surface area (Å²) in [7, 11) is 0. The molecule has 2 aliphatic rings. The molecule has 2 rings (SSSR count). The van der Waals surface area contributed by atoms with E-state index in [1.165, 1.54) is 0 Å². The molecule has 2 fully saturated rings. The van der Waals surface area contributed by atoms with Crippen LogP contribution in [0.25, 0.3) is 0 Å². The Balaban J connectivity index is 0.00000242. The predicted molar refractivity (Wildman–Crippen MR) is 95.5 cm³/mol. The van der Waals surface area contributed by atoms with Crippen LogP contribution in [0.4, 0.5) is 0 Å². The van der Waals surface area contributed by atoms with Gasteiger partial charge < -0.3 is 20.5 Å². The second-order valence-electron chi connectivity index (χ2n) is 6.65. The third-order valence-electron chi connectivity index (χ3n) is 4.31. The van der Waals surface area contributed by atoms with Crippen LogP contribution in [-0.4, -0.2) is 68.4 Å². The van der Waals surface area contributed by atoms with Crippen LogP contribution in [0.3, 0.4) is 0 Å². The predicted octanol–water partition coefficient (Wildman–Crippen LogP) is 0.811. The minimum Gasteiger partial charge on any atom is -0.381 e. The van der Waals surface area contributed by atoms with Crippen LogP contribution in [0, 0.1) is 5.92 Å². The van der Waals surface area contributed by atoms with Crippen molar-refractivity contribution < 1.29 is 14.3 Å². The molecule has 3 N–H and O–H groups in total. The molecule has 0 aliphatic carbocycles. The molecule has 1 amide bonds. The van der Waals surface area contributed by atoms with Crippen molar-refractivity contribution in [1.82, 2.24) is 10.2 Å². The molecular weight excluding hydrogens is 341 g/mol. The quantitative estimate of drug-likeness (QED) is 0.747. The number of nitrogens with zero attached hydrogens (tertiary/aromatic N) is 1. The third kappa shape index (κ3) is 7.54. The van der Waals surface area contributed by atoms with Gasteiger partial charge in [0.05, 0.1) is 18.2 Å². The molecule has 0 aromatic heterocycles. The van der Waals surface area contributed by atoms with Crippen LogP contribution >= 0.6 is 24.8 Å². The number of carbonyl (C=O) groups is 1. The van der Waals surface area contributed by atoms with Crippen molar-refractivity contribution in [2.24, 2.45) is 11.7 Å². The SMILES string of the molecule is CC1(C)CN(CCNC(=O)C(N)C2CCOCC2)CCO1.Cl.Cl. The van der Waals surface area contributed by atoms with Crippen LogP contribution in [0.1, 0.15) is 26.7 Å². The summed E-state index contributed by atoms with van der Waals surface area (Å²) in [5.74, 6) is 0.218. The summed E-state index contributed by atoms with van der Waals surface area (Å²) < 4.78 is 11.0. The Kier molecular flexibility index (Phi) is 10.6. The van der Waals surface area contributed by atoms with Crippen LogP contribution in [0.2, 0.25) is 0 Å². The normalized spacial score (nSPS) is 23.3. The molecule has 2 saturated heterocycles. The zero-order valence-electron chi connectivity index (χ0n) is 14.1. The van der Waals surface area contributed by atoms with E-state index >= 15 is 0 Å². The fourth-order valence-electron chi connectivity index (χ4n) is 3.05. The van der Waals surface area contributed by atoms with Crippen LogP contribution in [0.5, 0.6) is 0 Å². The van der Waals surface area contributed by atoms with Gasteiger partial charge in [0.1, 0.15) is 0 Å². The molecule has 8 heteroatoms. The highest BCUT2D eigenvalue weighted by Crippen LogP contribution is 2.18. The minimum absolute atomic E-state index is 0. The molecule has 0 bridgehead atoms. The summed E-state index contributed by atoms with van der Waals surface area (Å²) in [6.45, 7) is 9.69. The summed E-state index contributed by atoms with van der Waals surface area (Å²) in [6.07, 6.45) is 1.76. The molecule has 0 radical (unpaired) electrons. The number of hydrogen-bond acceptors (Lipinski definition) is 5. The maximum absolute atomic E-state index is 12.1. The largest absolute Gasteiger partial charge is 0.381 e. The monoisotopic (exact) mass is 371 g/mol. The standard InChI is InChI=1S/C15H29N3O3.2ClH/c1-15(2)11-18(7-10-21-15)6-5-17-14(19)13(16)12-3-8-20-9-4-12;;/h12-13H,3-11,16H2,1-2H3,(H,17,19);2*1H. The maximum Gasteiger partial charge on any atom is 0.237 e. The number of hydrogen-bond donors (Lipinski definition) is 2. The molecular formula is C15H31Cl2N3O3. The lowest BCUT2D eigenvalue weighted by Gasteiger charge is -2.38. The van der Waals surface area contributed by atoms with Crippen LogP contribution in [0.15, 0.2) is 0 Å². The average molecular weight is 372 g/mol. The number of morpholine rings is 1. The van der Waals surface area contributed by atoms with Crippen molar-refractivity contribution in [3.05, 3.63) is 0 Å². The Labute approximate surface area is 151 Å². The molecule has 1 atom stereocenters. The first-order chi connectivity index (χ1) is 9.98. The molecule has 2 aliphatic heterocycles. The van der Waals surface area contributed by atoms with E-state index in [-0.39, 0.29) is 42.2 Å². The Hall–Kier alpha value is -0.110. The Morgan fingerprint density at radius 2 is 1.96 bits per heavy atom. The van der Waals surface area contributed by atoms with E-state index in [4.69, 9.17) is 15.2 Å². The first kappa shape index (κ1) is 22.9. The van der Waals surface area contributed by atoms with Gasteiger partial charge in [0.2, 0.25) is 5.91 Å². The molecule has 1 unspecified atom stereocenters. The van der Waals surface area contributed by atoms with Gasteiger partial charge in [0, 0.05) is 39.4 Å². The highest BCUT2D eigenvalue weighted by Gasteiger charge is 2.28. The molecule has 0 aromatic carbocycles. The highest BCUT2D eigenvalue weighted by atomic mass is 35.5. The van der Waals surface area contributed by atoms with Gasteiger partial charge in [-0.15, -0.1) is 24.8 Å². The molecule has 0 saturated carbocycles. The lowest BCUT2D eigenvalue weighted by Crippen LogP contribution is -2.52. The zero-order chi connectivity index (χ0) is 15.3. The van der Waals surface area contributed by atoms with Gasteiger partial charge in [-0.05, 0) is 32.6 Å². The molecule has 0 spiro atoms. The van der Waals surface area contributed by atoms with E-state index in [1.54, 1.807) is 0 Å². The first-order valence-electron chi connectivity index (χ1n) is 7.95. The topological polar surface area (TPSA) is 76.8 Å². The first-order valence-corrected chi connectivity index (χ1v) is 7.95. The smallest absolute Gasteiger partial charge is 0.237 e. The highest BCUT2D eigenvalue weighted by molar-refractivity contribution is 5.85. The van der Waals surface area contributed by atoms with Gasteiger partial charge in [-0.25, -0.2) is 0 Å². The number of ether oxygens (including phenoxy) is 2. The summed E-state index contributed by atoms with van der Waals surface area (Å²) in [5.41, 5.74) is 5.96. The van der Waals surface area contributed by atoms with Crippen molar-refractivity contribution in [2.45, 2.75) is 38.3 Å². The van der Waals surface area contributed by atoms with E-state index in [0.29, 0.717) is 19.8 Å². The molecule has 2 heterocycles. The molecule has 6 nitrogen and oxygen atoms in total. The van der Waals surface area contributed by atoms with Gasteiger partial charge in [-0.1, -0.05) is 0 Å². The fraction of sp³-hybridized carbons (Fsp3) is 0.933. The number of carbonyl (C=O) groups excluding carboxylic acids is 1. The number of halogens is 2. The van der Waals surface area contributed by atoms with Gasteiger partial charge in [0.15, 0.2) is 0 Å². The molecule has 23 heavy (non-hydrogen) atoms. The van der Waals surface area contributed by atoms with E-state index < -0.39 is 6.04 Å². The molecule has 138 valence electrons. The Bertz CT molecular complexity index is 353. The van der Waals surface area contributed by atoms with Gasteiger partial charge >= 0.3 is 0 Å². The lowest BCUT2D eigenvalue weighted by atomic mass is 9.92. The summed E-state index contributed by atoms with van der Waals surface area (Å²) >= 11 is 0. The van der Waals surface area contributed by atoms with Crippen molar-refractivity contribution in [3.8, 4) is 0 Å². The van der Waals surface area contributed by atoms with E-state index in [2.05, 4.69) is 24.1 Å². The number of nitrogens with one attached hydrogen (secondary N) is 1. The third-order valence-corrected chi connectivity index (χ3v) is 4.31. The fourth-order valence-corrected chi connectivity index (χ4v) is 3.05. The van der Waals surface area contributed by atoms with Crippen molar-refractivity contribution >= 4 is 30.7 Å². The summed E-state index contributed by atoms with van der Waals surface area (Å²) in [6, 6.07) is -0.407. The summed E-state index contributed by atoms with van der Waals surface area (Å²) in [4.78, 5) is 14.4. The van der Waals surface area contributed by atoms with Gasteiger partial charge in [-0.2, -0.15) is 0 Å². The average Bonchev–Trinajstić information content (AvgIpc) is 2.46. The van der Waals surface area contributed by atoms with Crippen molar-refractivity contribution in [1.29, 1.82) is 0 Å². The second-order valence-corrected chi connectivity index (χ2v) is 6.65. The minimum atomic E-state index is -0.407. The number of nitrogens with two attached hydrogens (primary N) is 1. The van der Waals surface area contributed by atoms with Crippen molar-refractivity contribution in [3.63, 3.8) is 0 Å². The van der Waals surface area contributed by atoms with E-state index in [9.17, 15) is 4.79 Å². The van der Waals surface area contributed by atoms with E-state index in [1.807, 2.05) is 0 Å². The maximum atomic E-state index is 12.1. The Morgan fingerprint density at radius 1 is 1.30 bits per heavy atom. The summed E-state index contributed by atoms with van der Waals surface area (Å²) in [5, 5.41) is 2.97. The molecule has 0 aromatic rings. The van der Waals surface area contributed by atoms with Crippen molar-refractivity contribution in [2.75, 3.05) is 46.0 Å². The van der Waals surface area contributed by atoms with Crippen LogP contribution in [-0.2, 0) is 14.3 Å². The zero-order valence-corrected chi connectivity index (χ0v) is 15.7. The van der Waals surface area contributed by atoms with Gasteiger partial charge in [-0.3, -0.25) is 9.69 Å². The number of rotatable bonds is 5. The van der Waals surface area contributed by atoms with Gasteiger partial charge in [0.25, 0.3) is 0 Å².